The molecule has 0 N–H and O–H groups in total. The molecule has 0 saturated heterocycles. The van der Waals surface area contributed by atoms with Gasteiger partial charge in [0.2, 0.25) is 0 Å². The number of hydrogen-bond donors (Lipinski definition) is 0. The molecule has 0 aliphatic carbocycles. The first kappa shape index (κ1) is 9.98. The second-order valence-corrected chi connectivity index (χ2v) is 3.01. The van der Waals surface area contributed by atoms with Crippen molar-refractivity contribution in [3.05, 3.63) is 0 Å². The third-order valence-corrected chi connectivity index (χ3v) is 1.78. The summed E-state index contributed by atoms with van der Waals surface area (Å²) in [5.41, 5.74) is 0. The molecule has 2 nitrogen and oxygen atoms in total. The van der Waals surface area contributed by atoms with E-state index in [1.165, 1.54) is 0 Å². The molecular formula is C7H14O2S. The zero-order valence-corrected chi connectivity index (χ0v) is 7.37. The Kier molecular flexibility index (Phi) is 7.08. The van der Waals surface area contributed by atoms with Crippen LogP contribution in [0.3, 0.4) is 0 Å². The Balaban J connectivity index is 3.09. The Morgan fingerprint density at radius 3 is 2.70 bits per heavy atom. The smallest absolute Gasteiger partial charge is 0.136 e. The Labute approximate surface area is 66.3 Å². The fourth-order valence-electron chi connectivity index (χ4n) is 0.557. The monoisotopic (exact) mass is 162 g/mol. The van der Waals surface area contributed by atoms with E-state index in [4.69, 9.17) is 4.74 Å². The van der Waals surface area contributed by atoms with Gasteiger partial charge in [-0.25, -0.2) is 0 Å². The van der Waals surface area contributed by atoms with Crippen LogP contribution in [0.1, 0.15) is 12.8 Å². The second kappa shape index (κ2) is 7.09. The summed E-state index contributed by atoms with van der Waals surface area (Å²) in [7, 11) is 1.61. The van der Waals surface area contributed by atoms with Crippen LogP contribution in [-0.2, 0) is 9.53 Å². The molecule has 0 aromatic heterocycles. The largest absolute Gasteiger partial charge is 0.384 e. The molecule has 0 fully saturated rings. The van der Waals surface area contributed by atoms with Crippen molar-refractivity contribution in [2.75, 3.05) is 25.7 Å². The maximum Gasteiger partial charge on any atom is 0.136 e. The van der Waals surface area contributed by atoms with Gasteiger partial charge in [-0.05, 0) is 12.0 Å². The lowest BCUT2D eigenvalue weighted by molar-refractivity contribution is -0.119. The number of rotatable bonds is 6. The van der Waals surface area contributed by atoms with Crippen molar-refractivity contribution in [1.82, 2.24) is 0 Å². The maximum atomic E-state index is 10.9. The van der Waals surface area contributed by atoms with E-state index in [-0.39, 0.29) is 0 Å². The minimum atomic E-state index is 0.302. The second-order valence-electron chi connectivity index (χ2n) is 2.02. The summed E-state index contributed by atoms with van der Waals surface area (Å²) in [5.74, 6) is 1.24. The van der Waals surface area contributed by atoms with Crippen molar-refractivity contribution in [3.63, 3.8) is 0 Å². The van der Waals surface area contributed by atoms with Gasteiger partial charge in [-0.3, -0.25) is 4.79 Å². The third-order valence-electron chi connectivity index (χ3n) is 1.17. The molecule has 0 radical (unpaired) electrons. The van der Waals surface area contributed by atoms with Crippen molar-refractivity contribution in [3.8, 4) is 0 Å². The van der Waals surface area contributed by atoms with Crippen LogP contribution in [0.5, 0.6) is 0 Å². The molecule has 0 unspecified atom stereocenters. The van der Waals surface area contributed by atoms with Gasteiger partial charge in [0.15, 0.2) is 0 Å². The number of hydrogen-bond acceptors (Lipinski definition) is 3. The van der Waals surface area contributed by atoms with Gasteiger partial charge in [0, 0.05) is 20.0 Å². The fraction of sp³-hybridized carbons (Fsp3) is 0.857. The van der Waals surface area contributed by atoms with Gasteiger partial charge in [0.25, 0.3) is 0 Å². The molecule has 0 amide bonds. The number of carbonyl (C=O) groups is 1. The average Bonchev–Trinajstić information content (AvgIpc) is 1.97. The van der Waals surface area contributed by atoms with E-state index in [0.29, 0.717) is 25.2 Å². The summed E-state index contributed by atoms with van der Waals surface area (Å²) in [5, 5.41) is 0. The Morgan fingerprint density at radius 1 is 1.50 bits per heavy atom. The van der Waals surface area contributed by atoms with Crippen LogP contribution in [0.25, 0.3) is 0 Å². The summed E-state index contributed by atoms with van der Waals surface area (Å²) in [6.45, 7) is 0.563. The summed E-state index contributed by atoms with van der Waals surface area (Å²) in [6.07, 6.45) is 3.26. The maximum absolute atomic E-state index is 10.9. The van der Waals surface area contributed by atoms with Gasteiger partial charge in [-0.2, -0.15) is 11.8 Å². The first-order valence-corrected chi connectivity index (χ1v) is 4.70. The van der Waals surface area contributed by atoms with E-state index in [2.05, 4.69) is 0 Å². The predicted octanol–water partition coefficient (Wildman–Crippen LogP) is 1.35. The van der Waals surface area contributed by atoms with Gasteiger partial charge in [-0.1, -0.05) is 0 Å². The highest BCUT2D eigenvalue weighted by atomic mass is 32.2. The predicted molar refractivity (Wildman–Crippen MR) is 44.5 cm³/mol. The highest BCUT2D eigenvalue weighted by Gasteiger charge is 1.98. The van der Waals surface area contributed by atoms with Crippen molar-refractivity contribution in [2.45, 2.75) is 12.8 Å². The van der Waals surface area contributed by atoms with Crippen LogP contribution in [0.2, 0.25) is 0 Å². The van der Waals surface area contributed by atoms with Gasteiger partial charge < -0.3 is 4.74 Å². The van der Waals surface area contributed by atoms with Crippen molar-refractivity contribution < 1.29 is 9.53 Å². The standard InChI is InChI=1S/C7H14O2S/c1-9-5-3-7(8)4-6-10-2/h3-6H2,1-2H3. The van der Waals surface area contributed by atoms with Crippen LogP contribution >= 0.6 is 11.8 Å². The van der Waals surface area contributed by atoms with E-state index >= 15 is 0 Å². The first-order chi connectivity index (χ1) is 4.81. The lowest BCUT2D eigenvalue weighted by Gasteiger charge is -1.96. The molecule has 0 heterocycles. The molecule has 0 aromatic carbocycles. The lowest BCUT2D eigenvalue weighted by Crippen LogP contribution is -2.03. The summed E-state index contributed by atoms with van der Waals surface area (Å²) in [4.78, 5) is 10.9. The molecule has 10 heavy (non-hydrogen) atoms. The van der Waals surface area contributed by atoms with Gasteiger partial charge in [0.05, 0.1) is 6.61 Å². The molecular weight excluding hydrogens is 148 g/mol. The summed E-state index contributed by atoms with van der Waals surface area (Å²) < 4.78 is 4.76. The van der Waals surface area contributed by atoms with Gasteiger partial charge >= 0.3 is 0 Å². The number of ketones is 1. The lowest BCUT2D eigenvalue weighted by atomic mass is 10.2. The fourth-order valence-corrected chi connectivity index (χ4v) is 0.989. The Morgan fingerprint density at radius 2 is 2.20 bits per heavy atom. The summed E-state index contributed by atoms with van der Waals surface area (Å²) >= 11 is 1.70. The normalized spacial score (nSPS) is 9.80. The minimum Gasteiger partial charge on any atom is -0.384 e. The minimum absolute atomic E-state index is 0.302. The highest BCUT2D eigenvalue weighted by molar-refractivity contribution is 7.98. The van der Waals surface area contributed by atoms with Crippen LogP contribution in [-0.4, -0.2) is 31.5 Å². The first-order valence-electron chi connectivity index (χ1n) is 3.31. The SMILES string of the molecule is COCCC(=O)CCSC. The van der Waals surface area contributed by atoms with E-state index in [1.54, 1.807) is 18.9 Å². The van der Waals surface area contributed by atoms with E-state index in [9.17, 15) is 4.79 Å². The molecule has 0 aromatic rings. The molecule has 0 bridgehead atoms. The number of thioether (sulfide) groups is 1. The molecule has 0 aliphatic rings. The number of carbonyl (C=O) groups excluding carboxylic acids is 1. The van der Waals surface area contributed by atoms with E-state index in [0.717, 1.165) is 5.75 Å². The zero-order chi connectivity index (χ0) is 7.82. The van der Waals surface area contributed by atoms with Gasteiger partial charge in [-0.15, -0.1) is 0 Å². The van der Waals surface area contributed by atoms with Crippen molar-refractivity contribution in [2.24, 2.45) is 0 Å². The van der Waals surface area contributed by atoms with Crippen molar-refractivity contribution >= 4 is 17.5 Å². The number of Topliss-reactive ketones (excluding diaryl/α,β-unsaturated/α-hetero) is 1. The molecule has 0 spiro atoms. The molecule has 0 atom stereocenters. The topological polar surface area (TPSA) is 26.3 Å². The Hall–Kier alpha value is -0.0200. The zero-order valence-electron chi connectivity index (χ0n) is 6.55. The number of methoxy groups -OCH3 is 1. The quantitative estimate of drug-likeness (QED) is 0.589. The van der Waals surface area contributed by atoms with E-state index in [1.807, 2.05) is 6.26 Å². The Bertz CT molecular complexity index is 83.6. The highest BCUT2D eigenvalue weighted by Crippen LogP contribution is 1.98. The van der Waals surface area contributed by atoms with Gasteiger partial charge in [0.1, 0.15) is 5.78 Å². The molecule has 3 heteroatoms. The van der Waals surface area contributed by atoms with E-state index < -0.39 is 0 Å². The summed E-state index contributed by atoms with van der Waals surface area (Å²) in [6, 6.07) is 0. The number of ether oxygens (including phenoxy) is 1. The molecule has 0 aliphatic heterocycles. The average molecular weight is 162 g/mol. The van der Waals surface area contributed by atoms with Crippen molar-refractivity contribution in [1.29, 1.82) is 0 Å². The third kappa shape index (κ3) is 6.11. The van der Waals surface area contributed by atoms with Crippen LogP contribution < -0.4 is 0 Å². The van der Waals surface area contributed by atoms with Crippen LogP contribution in [0, 0.1) is 0 Å². The molecule has 0 saturated carbocycles. The van der Waals surface area contributed by atoms with Crippen LogP contribution in [0.15, 0.2) is 0 Å². The molecule has 0 rings (SSSR count). The van der Waals surface area contributed by atoms with Crippen LogP contribution in [0.4, 0.5) is 0 Å². The molecule has 60 valence electrons.